The molecule has 0 amide bonds. The van der Waals surface area contributed by atoms with E-state index in [0.29, 0.717) is 5.75 Å². The first-order valence-electron chi connectivity index (χ1n) is 6.32. The van der Waals surface area contributed by atoms with E-state index in [2.05, 4.69) is 15.9 Å². The number of ether oxygens (including phenoxy) is 1. The third kappa shape index (κ3) is 3.79. The second-order valence-corrected chi connectivity index (χ2v) is 5.38. The third-order valence-corrected chi connectivity index (χ3v) is 3.69. The summed E-state index contributed by atoms with van der Waals surface area (Å²) in [5.74, 6) is 0.735. The van der Waals surface area contributed by atoms with Crippen LogP contribution in [0.2, 0.25) is 0 Å². The number of alkyl halides is 4. The number of aryl methyl sites for hydroxylation is 2. The maximum atomic E-state index is 13.0. The zero-order chi connectivity index (χ0) is 15.6. The first-order valence-corrected chi connectivity index (χ1v) is 7.44. The van der Waals surface area contributed by atoms with Crippen molar-refractivity contribution in [3.63, 3.8) is 0 Å². The molecule has 0 atom stereocenters. The van der Waals surface area contributed by atoms with Crippen molar-refractivity contribution in [2.75, 3.05) is 0 Å². The van der Waals surface area contributed by atoms with Crippen LogP contribution in [0.5, 0.6) is 11.5 Å². The summed E-state index contributed by atoms with van der Waals surface area (Å²) in [6.45, 7) is 3.81. The smallest absolute Gasteiger partial charge is 0.416 e. The Labute approximate surface area is 129 Å². The Morgan fingerprint density at radius 1 is 1.05 bits per heavy atom. The molecule has 2 rings (SSSR count). The van der Waals surface area contributed by atoms with Crippen molar-refractivity contribution in [2.45, 2.75) is 25.4 Å². The fraction of sp³-hybridized carbons (Fsp3) is 0.250. The van der Waals surface area contributed by atoms with Crippen LogP contribution >= 0.6 is 15.9 Å². The van der Waals surface area contributed by atoms with E-state index in [4.69, 9.17) is 4.74 Å². The summed E-state index contributed by atoms with van der Waals surface area (Å²) in [5, 5.41) is 0.145. The Kier molecular flexibility index (Phi) is 4.61. The molecule has 0 aliphatic rings. The molecular formula is C16H14BrF3O. The molecule has 0 spiro atoms. The van der Waals surface area contributed by atoms with Gasteiger partial charge in [0.15, 0.2) is 0 Å². The molecule has 1 nitrogen and oxygen atoms in total. The Morgan fingerprint density at radius 3 is 2.33 bits per heavy atom. The van der Waals surface area contributed by atoms with E-state index in [1.54, 1.807) is 12.1 Å². The summed E-state index contributed by atoms with van der Waals surface area (Å²) in [7, 11) is 0. The van der Waals surface area contributed by atoms with Gasteiger partial charge in [-0.2, -0.15) is 13.2 Å². The first-order chi connectivity index (χ1) is 9.81. The lowest BCUT2D eigenvalue weighted by Gasteiger charge is -2.14. The average molecular weight is 359 g/mol. The highest BCUT2D eigenvalue weighted by Crippen LogP contribution is 2.36. The lowest BCUT2D eigenvalue weighted by Crippen LogP contribution is -2.08. The molecule has 0 aliphatic carbocycles. The zero-order valence-electron chi connectivity index (χ0n) is 11.6. The predicted octanol–water partition coefficient (Wildman–Crippen LogP) is 6.01. The maximum absolute atomic E-state index is 13.0. The molecule has 5 heteroatoms. The van der Waals surface area contributed by atoms with E-state index in [9.17, 15) is 13.2 Å². The van der Waals surface area contributed by atoms with Crippen molar-refractivity contribution in [1.82, 2.24) is 0 Å². The van der Waals surface area contributed by atoms with Crippen LogP contribution in [-0.2, 0) is 11.5 Å². The Balaban J connectivity index is 2.37. The molecule has 0 aliphatic heterocycles. The van der Waals surface area contributed by atoms with Crippen LogP contribution < -0.4 is 4.74 Å². The van der Waals surface area contributed by atoms with E-state index in [1.165, 1.54) is 6.07 Å². The fourth-order valence-corrected chi connectivity index (χ4v) is 2.53. The van der Waals surface area contributed by atoms with Crippen LogP contribution in [0, 0.1) is 13.8 Å². The van der Waals surface area contributed by atoms with E-state index in [0.717, 1.165) is 17.2 Å². The van der Waals surface area contributed by atoms with E-state index in [1.807, 2.05) is 26.0 Å². The van der Waals surface area contributed by atoms with Crippen LogP contribution in [0.15, 0.2) is 36.4 Å². The van der Waals surface area contributed by atoms with Gasteiger partial charge in [-0.15, -0.1) is 0 Å². The van der Waals surface area contributed by atoms with Crippen molar-refractivity contribution in [3.8, 4) is 11.5 Å². The van der Waals surface area contributed by atoms with Gasteiger partial charge in [0.25, 0.3) is 0 Å². The molecule has 0 aromatic heterocycles. The largest absolute Gasteiger partial charge is 0.457 e. The lowest BCUT2D eigenvalue weighted by atomic mass is 10.1. The Hall–Kier alpha value is -1.49. The second kappa shape index (κ2) is 6.10. The summed E-state index contributed by atoms with van der Waals surface area (Å²) in [5.41, 5.74) is 1.47. The highest BCUT2D eigenvalue weighted by Gasteiger charge is 2.33. The van der Waals surface area contributed by atoms with E-state index >= 15 is 0 Å². The van der Waals surface area contributed by atoms with Crippen LogP contribution in [-0.4, -0.2) is 0 Å². The minimum atomic E-state index is -4.40. The maximum Gasteiger partial charge on any atom is 0.416 e. The van der Waals surface area contributed by atoms with Gasteiger partial charge >= 0.3 is 6.18 Å². The molecule has 2 aromatic carbocycles. The van der Waals surface area contributed by atoms with Crippen molar-refractivity contribution < 1.29 is 17.9 Å². The summed E-state index contributed by atoms with van der Waals surface area (Å²) in [6.07, 6.45) is -4.40. The third-order valence-electron chi connectivity index (χ3n) is 3.09. The van der Waals surface area contributed by atoms with Crippen molar-refractivity contribution in [2.24, 2.45) is 0 Å². The molecule has 0 saturated carbocycles. The number of halogens is 4. The fourth-order valence-electron chi connectivity index (χ4n) is 2.04. The van der Waals surface area contributed by atoms with Gasteiger partial charge in [0.2, 0.25) is 0 Å². The number of hydrogen-bond donors (Lipinski definition) is 0. The molecule has 0 radical (unpaired) electrons. The second-order valence-electron chi connectivity index (χ2n) is 4.82. The van der Waals surface area contributed by atoms with Crippen LogP contribution in [0.25, 0.3) is 0 Å². The van der Waals surface area contributed by atoms with Gasteiger partial charge in [-0.3, -0.25) is 0 Å². The number of hydrogen-bond acceptors (Lipinski definition) is 1. The van der Waals surface area contributed by atoms with Crippen LogP contribution in [0.3, 0.4) is 0 Å². The SMILES string of the molecule is Cc1ccc(Oc2ccc(CBr)c(C(F)(F)F)c2)c(C)c1. The standard InChI is InChI=1S/C16H14BrF3O/c1-10-3-6-15(11(2)7-10)21-13-5-4-12(9-17)14(8-13)16(18,19)20/h3-8H,9H2,1-2H3. The summed E-state index contributed by atoms with van der Waals surface area (Å²) in [4.78, 5) is 0. The Morgan fingerprint density at radius 2 is 1.76 bits per heavy atom. The molecule has 2 aromatic rings. The first kappa shape index (κ1) is 15.9. The minimum Gasteiger partial charge on any atom is -0.457 e. The van der Waals surface area contributed by atoms with Crippen molar-refractivity contribution >= 4 is 15.9 Å². The molecule has 0 heterocycles. The molecular weight excluding hydrogens is 345 g/mol. The highest BCUT2D eigenvalue weighted by molar-refractivity contribution is 9.08. The quantitative estimate of drug-likeness (QED) is 0.610. The van der Waals surface area contributed by atoms with E-state index in [-0.39, 0.29) is 16.6 Å². The molecule has 21 heavy (non-hydrogen) atoms. The van der Waals surface area contributed by atoms with Gasteiger partial charge in [0.1, 0.15) is 11.5 Å². The predicted molar refractivity (Wildman–Crippen MR) is 80.1 cm³/mol. The highest BCUT2D eigenvalue weighted by atomic mass is 79.9. The molecule has 0 bridgehead atoms. The topological polar surface area (TPSA) is 9.23 Å². The van der Waals surface area contributed by atoms with E-state index < -0.39 is 11.7 Å². The van der Waals surface area contributed by atoms with Crippen molar-refractivity contribution in [3.05, 3.63) is 58.7 Å². The molecule has 0 fully saturated rings. The van der Waals surface area contributed by atoms with Gasteiger partial charge in [0.05, 0.1) is 5.56 Å². The molecule has 0 unspecified atom stereocenters. The normalized spacial score (nSPS) is 11.5. The van der Waals surface area contributed by atoms with Crippen LogP contribution in [0.1, 0.15) is 22.3 Å². The minimum absolute atomic E-state index is 0.145. The Bertz CT molecular complexity index is 650. The van der Waals surface area contributed by atoms with Crippen LogP contribution in [0.4, 0.5) is 13.2 Å². The molecule has 112 valence electrons. The zero-order valence-corrected chi connectivity index (χ0v) is 13.2. The number of benzene rings is 2. The van der Waals surface area contributed by atoms with Gasteiger partial charge in [-0.05, 0) is 43.2 Å². The monoisotopic (exact) mass is 358 g/mol. The lowest BCUT2D eigenvalue weighted by molar-refractivity contribution is -0.138. The van der Waals surface area contributed by atoms with Gasteiger partial charge in [0, 0.05) is 5.33 Å². The summed E-state index contributed by atoms with van der Waals surface area (Å²) in [6, 6.07) is 9.56. The summed E-state index contributed by atoms with van der Waals surface area (Å²) < 4.78 is 44.6. The van der Waals surface area contributed by atoms with Gasteiger partial charge in [-0.1, -0.05) is 39.7 Å². The number of rotatable bonds is 3. The van der Waals surface area contributed by atoms with Gasteiger partial charge in [-0.25, -0.2) is 0 Å². The summed E-state index contributed by atoms with van der Waals surface area (Å²) >= 11 is 3.07. The average Bonchev–Trinajstić information content (AvgIpc) is 2.41. The van der Waals surface area contributed by atoms with Crippen molar-refractivity contribution in [1.29, 1.82) is 0 Å². The molecule has 0 N–H and O–H groups in total. The van der Waals surface area contributed by atoms with Gasteiger partial charge < -0.3 is 4.74 Å². The molecule has 0 saturated heterocycles.